The van der Waals surface area contributed by atoms with E-state index in [1.807, 2.05) is 19.1 Å². The predicted molar refractivity (Wildman–Crippen MR) is 136 cm³/mol. The molecule has 35 heavy (non-hydrogen) atoms. The maximum Gasteiger partial charge on any atom is 0.228 e. The van der Waals surface area contributed by atoms with Crippen LogP contribution in [0.25, 0.3) is 0 Å². The fourth-order valence-corrected chi connectivity index (χ4v) is 4.93. The summed E-state index contributed by atoms with van der Waals surface area (Å²) in [5.74, 6) is 2.54. The number of anilines is 1. The number of ether oxygens (including phenoxy) is 2. The number of amides is 1. The van der Waals surface area contributed by atoms with Crippen LogP contribution in [0.2, 0.25) is 0 Å². The fraction of sp³-hybridized carbons (Fsp3) is 0.429. The zero-order chi connectivity index (χ0) is 24.2. The normalized spacial score (nSPS) is 18.3. The summed E-state index contributed by atoms with van der Waals surface area (Å²) >= 11 is 0. The Bertz CT molecular complexity index is 1140. The van der Waals surface area contributed by atoms with Gasteiger partial charge in [-0.2, -0.15) is 0 Å². The molecule has 3 aromatic rings. The summed E-state index contributed by atoms with van der Waals surface area (Å²) in [6.45, 7) is 4.11. The summed E-state index contributed by atoms with van der Waals surface area (Å²) in [5, 5.41) is 0. The third kappa shape index (κ3) is 5.45. The summed E-state index contributed by atoms with van der Waals surface area (Å²) in [4.78, 5) is 25.2. The number of carbonyl (C=O) groups excluding carboxylic acids is 1. The molecule has 2 aromatic carbocycles. The van der Waals surface area contributed by atoms with Gasteiger partial charge in [0.05, 0.1) is 25.7 Å². The number of methoxy groups -OCH3 is 1. The molecule has 0 spiro atoms. The fourth-order valence-electron chi connectivity index (χ4n) is 4.93. The number of aryl methyl sites for hydroxylation is 1. The van der Waals surface area contributed by atoms with E-state index >= 15 is 0 Å². The number of nitrogens with zero attached hydrogens (tertiary/aromatic N) is 3. The molecule has 1 amide bonds. The molecule has 0 radical (unpaired) electrons. The van der Waals surface area contributed by atoms with Crippen LogP contribution in [0.4, 0.5) is 5.69 Å². The highest BCUT2D eigenvalue weighted by atomic mass is 16.5. The van der Waals surface area contributed by atoms with Gasteiger partial charge in [0, 0.05) is 43.3 Å². The van der Waals surface area contributed by atoms with Crippen molar-refractivity contribution in [2.24, 2.45) is 0 Å². The molecule has 0 unspecified atom stereocenters. The molecular formula is C28H34N4O3. The Hall–Kier alpha value is -3.48. The Labute approximate surface area is 207 Å². The molecule has 1 saturated heterocycles. The Morgan fingerprint density at radius 1 is 1.11 bits per heavy atom. The van der Waals surface area contributed by atoms with Crippen LogP contribution < -0.4 is 14.4 Å². The van der Waals surface area contributed by atoms with Gasteiger partial charge < -0.3 is 24.3 Å². The highest BCUT2D eigenvalue weighted by Crippen LogP contribution is 2.36. The van der Waals surface area contributed by atoms with Gasteiger partial charge in [0.15, 0.2) is 11.5 Å². The first kappa shape index (κ1) is 23.3. The summed E-state index contributed by atoms with van der Waals surface area (Å²) in [6, 6.07) is 16.7. The molecule has 7 heteroatoms. The lowest BCUT2D eigenvalue weighted by Gasteiger charge is -2.43. The highest BCUT2D eigenvalue weighted by Gasteiger charge is 2.31. The van der Waals surface area contributed by atoms with Gasteiger partial charge in [-0.25, -0.2) is 4.98 Å². The quantitative estimate of drug-likeness (QED) is 0.531. The third-order valence-corrected chi connectivity index (χ3v) is 7.07. The van der Waals surface area contributed by atoms with Crippen LogP contribution in [0.15, 0.2) is 54.7 Å². The number of aromatic nitrogens is 2. The Morgan fingerprint density at radius 2 is 1.94 bits per heavy atom. The molecule has 1 saturated carbocycles. The van der Waals surface area contributed by atoms with E-state index in [0.717, 1.165) is 61.1 Å². The van der Waals surface area contributed by atoms with E-state index in [1.54, 1.807) is 13.3 Å². The van der Waals surface area contributed by atoms with Crippen LogP contribution in [0, 0.1) is 6.92 Å². The topological polar surface area (TPSA) is 70.7 Å². The molecule has 1 aliphatic heterocycles. The van der Waals surface area contributed by atoms with E-state index in [0.29, 0.717) is 13.0 Å². The molecule has 1 aromatic heterocycles. The van der Waals surface area contributed by atoms with E-state index in [9.17, 15) is 4.79 Å². The second kappa shape index (κ2) is 10.4. The number of rotatable bonds is 8. The average Bonchev–Trinajstić information content (AvgIpc) is 3.26. The maximum atomic E-state index is 13.3. The van der Waals surface area contributed by atoms with Crippen molar-refractivity contribution < 1.29 is 14.3 Å². The summed E-state index contributed by atoms with van der Waals surface area (Å²) in [6.07, 6.45) is 6.62. The van der Waals surface area contributed by atoms with E-state index < -0.39 is 0 Å². The zero-order valence-electron chi connectivity index (χ0n) is 20.6. The first-order valence-electron chi connectivity index (χ1n) is 12.5. The minimum Gasteiger partial charge on any atom is -0.493 e. The maximum absolute atomic E-state index is 13.3. The van der Waals surface area contributed by atoms with Crippen molar-refractivity contribution in [1.82, 2.24) is 14.9 Å². The van der Waals surface area contributed by atoms with Crippen LogP contribution in [0.1, 0.15) is 36.3 Å². The largest absolute Gasteiger partial charge is 0.493 e. The van der Waals surface area contributed by atoms with Gasteiger partial charge >= 0.3 is 0 Å². The minimum atomic E-state index is 0.0702. The van der Waals surface area contributed by atoms with E-state index in [2.05, 4.69) is 56.2 Å². The second-order valence-corrected chi connectivity index (χ2v) is 9.55. The average molecular weight is 475 g/mol. The van der Waals surface area contributed by atoms with Gasteiger partial charge in [0.1, 0.15) is 5.82 Å². The van der Waals surface area contributed by atoms with Crippen molar-refractivity contribution in [3.63, 3.8) is 0 Å². The van der Waals surface area contributed by atoms with Gasteiger partial charge in [-0.1, -0.05) is 30.3 Å². The zero-order valence-corrected chi connectivity index (χ0v) is 20.6. The van der Waals surface area contributed by atoms with E-state index in [1.165, 1.54) is 12.0 Å². The first-order valence-corrected chi connectivity index (χ1v) is 12.5. The van der Waals surface area contributed by atoms with Crippen LogP contribution in [0.3, 0.4) is 0 Å². The first-order chi connectivity index (χ1) is 17.1. The molecule has 0 bridgehead atoms. The number of hydrogen-bond acceptors (Lipinski definition) is 5. The van der Waals surface area contributed by atoms with Crippen molar-refractivity contribution in [3.05, 3.63) is 71.8 Å². The number of imidazole rings is 1. The lowest BCUT2D eigenvalue weighted by atomic mass is 9.96. The number of aromatic amines is 1. The van der Waals surface area contributed by atoms with Crippen molar-refractivity contribution in [1.29, 1.82) is 0 Å². The molecule has 1 atom stereocenters. The van der Waals surface area contributed by atoms with Gasteiger partial charge in [-0.3, -0.25) is 4.79 Å². The van der Waals surface area contributed by atoms with Gasteiger partial charge in [0.2, 0.25) is 5.91 Å². The number of H-pyrrole nitrogens is 1. The van der Waals surface area contributed by atoms with Crippen LogP contribution in [-0.4, -0.2) is 59.7 Å². The van der Waals surface area contributed by atoms with Crippen LogP contribution in [0.5, 0.6) is 11.5 Å². The van der Waals surface area contributed by atoms with Gasteiger partial charge in [0.25, 0.3) is 0 Å². The Balaban J connectivity index is 1.35. The second-order valence-electron chi connectivity index (χ2n) is 9.55. The summed E-state index contributed by atoms with van der Waals surface area (Å²) in [5.41, 5.74) is 3.20. The number of benzene rings is 2. The predicted octanol–water partition coefficient (Wildman–Crippen LogP) is 4.16. The molecule has 7 nitrogen and oxygen atoms in total. The minimum absolute atomic E-state index is 0.0702. The highest BCUT2D eigenvalue weighted by molar-refractivity contribution is 5.79. The molecule has 2 fully saturated rings. The van der Waals surface area contributed by atoms with Crippen molar-refractivity contribution in [3.8, 4) is 11.5 Å². The lowest BCUT2D eigenvalue weighted by Crippen LogP contribution is -2.56. The summed E-state index contributed by atoms with van der Waals surface area (Å²) < 4.78 is 11.8. The standard InChI is InChI=1S/C28H34N4O3/c1-20-29-18-22(30-20)16-28(33)32-14-13-31(19-24(32)15-21-7-4-3-5-8-21)23-11-12-26(34-2)27(17-23)35-25-9-6-10-25/h3-5,7-8,11-12,17-18,24-25H,6,9-10,13-16,19H2,1-2H3,(H,29,30)/t24-/m0/s1. The molecule has 1 N–H and O–H groups in total. The number of piperazine rings is 1. The number of nitrogens with one attached hydrogen (secondary N) is 1. The summed E-state index contributed by atoms with van der Waals surface area (Å²) in [7, 11) is 1.68. The van der Waals surface area contributed by atoms with Crippen molar-refractivity contribution >= 4 is 11.6 Å². The Kier molecular flexibility index (Phi) is 6.93. The monoisotopic (exact) mass is 474 g/mol. The van der Waals surface area contributed by atoms with E-state index in [4.69, 9.17) is 9.47 Å². The molecule has 1 aliphatic carbocycles. The van der Waals surface area contributed by atoms with Crippen LogP contribution in [-0.2, 0) is 17.6 Å². The molecule has 184 valence electrons. The smallest absolute Gasteiger partial charge is 0.228 e. The SMILES string of the molecule is COc1ccc(N2CCN(C(=O)Cc3cnc(C)[nH]3)[C@@H](Cc3ccccc3)C2)cc1OC1CCC1. The van der Waals surface area contributed by atoms with Crippen molar-refractivity contribution in [2.75, 3.05) is 31.6 Å². The van der Waals surface area contributed by atoms with Crippen molar-refractivity contribution in [2.45, 2.75) is 51.2 Å². The third-order valence-electron chi connectivity index (χ3n) is 7.07. The molecule has 2 aliphatic rings. The van der Waals surface area contributed by atoms with Crippen LogP contribution >= 0.6 is 0 Å². The number of hydrogen-bond donors (Lipinski definition) is 1. The molecular weight excluding hydrogens is 440 g/mol. The lowest BCUT2D eigenvalue weighted by molar-refractivity contribution is -0.133. The Morgan fingerprint density at radius 3 is 2.63 bits per heavy atom. The molecule has 5 rings (SSSR count). The number of carbonyl (C=O) groups is 1. The van der Waals surface area contributed by atoms with Gasteiger partial charge in [-0.15, -0.1) is 0 Å². The van der Waals surface area contributed by atoms with E-state index in [-0.39, 0.29) is 18.1 Å². The molecule has 2 heterocycles. The van der Waals surface area contributed by atoms with Gasteiger partial charge in [-0.05, 0) is 50.3 Å².